The van der Waals surface area contributed by atoms with Crippen LogP contribution in [0.5, 0.6) is 0 Å². The van der Waals surface area contributed by atoms with Crippen LogP contribution in [0.3, 0.4) is 0 Å². The Labute approximate surface area is 174 Å². The highest BCUT2D eigenvalue weighted by Crippen LogP contribution is 2.27. The first kappa shape index (κ1) is 20.7. The van der Waals surface area contributed by atoms with Crippen LogP contribution in [0.1, 0.15) is 38.0 Å². The van der Waals surface area contributed by atoms with Gasteiger partial charge in [0, 0.05) is 12.1 Å². The van der Waals surface area contributed by atoms with Crippen molar-refractivity contribution in [1.29, 1.82) is 0 Å². The maximum absolute atomic E-state index is 12.5. The second-order valence-corrected chi connectivity index (χ2v) is 7.89. The molecular weight excluding hydrogens is 416 g/mol. The Balaban J connectivity index is 1.67. The molecule has 150 valence electrons. The number of ether oxygens (including phenoxy) is 1. The minimum Gasteiger partial charge on any atom is -0.465 e. The third kappa shape index (κ3) is 4.51. The Morgan fingerprint density at radius 1 is 1.28 bits per heavy atom. The number of aromatic nitrogens is 2. The quantitative estimate of drug-likeness (QED) is 0.222. The lowest BCUT2D eigenvalue weighted by molar-refractivity contribution is -0.139. The maximum atomic E-state index is 12.5. The molecule has 0 unspecified atom stereocenters. The molecule has 2 aromatic rings. The molecule has 1 N–H and O–H groups in total. The van der Waals surface area contributed by atoms with Gasteiger partial charge < -0.3 is 4.74 Å². The number of amides is 3. The molecule has 1 aliphatic heterocycles. The van der Waals surface area contributed by atoms with E-state index < -0.39 is 17.7 Å². The average Bonchev–Trinajstić information content (AvgIpc) is 3.25. The maximum Gasteiger partial charge on any atom is 0.316 e. The largest absolute Gasteiger partial charge is 0.465 e. The summed E-state index contributed by atoms with van der Waals surface area (Å²) in [4.78, 5) is 49.5. The van der Waals surface area contributed by atoms with Crippen LogP contribution >= 0.6 is 23.1 Å². The van der Waals surface area contributed by atoms with Crippen molar-refractivity contribution in [3.8, 4) is 0 Å². The number of anilines is 1. The van der Waals surface area contributed by atoms with E-state index in [1.165, 1.54) is 24.3 Å². The lowest BCUT2D eigenvalue weighted by atomic mass is 10.1. The SMILES string of the molecule is C=CCN1C(=O)c2ccc(C(=O)Nc3nnc(SCC(=O)OCC)s3)cc2C1=O. The van der Waals surface area contributed by atoms with Gasteiger partial charge in [0.05, 0.1) is 23.5 Å². The van der Waals surface area contributed by atoms with E-state index in [-0.39, 0.29) is 40.1 Å². The Morgan fingerprint density at radius 2 is 2.03 bits per heavy atom. The van der Waals surface area contributed by atoms with Gasteiger partial charge in [0.1, 0.15) is 0 Å². The van der Waals surface area contributed by atoms with E-state index in [0.29, 0.717) is 10.9 Å². The second-order valence-electron chi connectivity index (χ2n) is 5.69. The number of carbonyl (C=O) groups is 4. The first-order valence-corrected chi connectivity index (χ1v) is 10.3. The Morgan fingerprint density at radius 3 is 2.76 bits per heavy atom. The highest BCUT2D eigenvalue weighted by molar-refractivity contribution is 8.01. The van der Waals surface area contributed by atoms with Gasteiger partial charge in [-0.1, -0.05) is 29.2 Å². The predicted molar refractivity (Wildman–Crippen MR) is 107 cm³/mol. The molecule has 0 fully saturated rings. The molecule has 0 aliphatic carbocycles. The van der Waals surface area contributed by atoms with E-state index in [2.05, 4.69) is 22.1 Å². The monoisotopic (exact) mass is 432 g/mol. The molecule has 1 aliphatic rings. The van der Waals surface area contributed by atoms with Gasteiger partial charge in [-0.25, -0.2) is 0 Å². The van der Waals surface area contributed by atoms with E-state index in [0.717, 1.165) is 28.0 Å². The summed E-state index contributed by atoms with van der Waals surface area (Å²) in [5.74, 6) is -1.63. The molecule has 1 aromatic heterocycles. The van der Waals surface area contributed by atoms with Gasteiger partial charge in [0.2, 0.25) is 5.13 Å². The van der Waals surface area contributed by atoms with Crippen LogP contribution < -0.4 is 5.32 Å². The van der Waals surface area contributed by atoms with Gasteiger partial charge in [0.25, 0.3) is 17.7 Å². The predicted octanol–water partition coefficient (Wildman–Crippen LogP) is 2.23. The van der Waals surface area contributed by atoms with Crippen molar-refractivity contribution in [3.63, 3.8) is 0 Å². The van der Waals surface area contributed by atoms with E-state index in [4.69, 9.17) is 4.74 Å². The summed E-state index contributed by atoms with van der Waals surface area (Å²) in [5.41, 5.74) is 0.635. The van der Waals surface area contributed by atoms with E-state index in [9.17, 15) is 19.2 Å². The molecule has 2 heterocycles. The molecule has 0 radical (unpaired) electrons. The zero-order valence-corrected chi connectivity index (χ0v) is 17.0. The smallest absolute Gasteiger partial charge is 0.316 e. The molecule has 11 heteroatoms. The van der Waals surface area contributed by atoms with E-state index >= 15 is 0 Å². The number of thioether (sulfide) groups is 1. The summed E-state index contributed by atoms with van der Waals surface area (Å²) in [6.45, 7) is 5.66. The summed E-state index contributed by atoms with van der Waals surface area (Å²) >= 11 is 2.27. The van der Waals surface area contributed by atoms with Crippen LogP contribution in [0.2, 0.25) is 0 Å². The van der Waals surface area contributed by atoms with E-state index in [1.807, 2.05) is 0 Å². The number of hydrogen-bond acceptors (Lipinski definition) is 9. The fourth-order valence-corrected chi connectivity index (χ4v) is 4.08. The minimum absolute atomic E-state index is 0.0958. The number of imide groups is 1. The molecule has 0 bridgehead atoms. The summed E-state index contributed by atoms with van der Waals surface area (Å²) in [6.07, 6.45) is 1.46. The molecule has 0 saturated heterocycles. The fraction of sp³-hybridized carbons (Fsp3) is 0.222. The van der Waals surface area contributed by atoms with Gasteiger partial charge in [-0.3, -0.25) is 29.4 Å². The number of hydrogen-bond donors (Lipinski definition) is 1. The Bertz CT molecular complexity index is 1000. The lowest BCUT2D eigenvalue weighted by Gasteiger charge is -2.09. The first-order valence-electron chi connectivity index (χ1n) is 8.49. The molecule has 29 heavy (non-hydrogen) atoms. The van der Waals surface area contributed by atoms with Crippen molar-refractivity contribution in [3.05, 3.63) is 47.5 Å². The highest BCUT2D eigenvalue weighted by atomic mass is 32.2. The van der Waals surface area contributed by atoms with Crippen LogP contribution in [0.4, 0.5) is 5.13 Å². The summed E-state index contributed by atoms with van der Waals surface area (Å²) < 4.78 is 5.34. The molecule has 0 saturated carbocycles. The van der Waals surface area contributed by atoms with Crippen LogP contribution in [-0.4, -0.2) is 57.7 Å². The number of rotatable bonds is 8. The highest BCUT2D eigenvalue weighted by Gasteiger charge is 2.35. The molecule has 0 atom stereocenters. The average molecular weight is 432 g/mol. The summed E-state index contributed by atoms with van der Waals surface area (Å²) in [5, 5.41) is 10.6. The molecule has 0 spiro atoms. The van der Waals surface area contributed by atoms with Crippen LogP contribution in [-0.2, 0) is 9.53 Å². The van der Waals surface area contributed by atoms with Crippen molar-refractivity contribution >= 4 is 51.9 Å². The van der Waals surface area contributed by atoms with Crippen molar-refractivity contribution in [2.24, 2.45) is 0 Å². The zero-order chi connectivity index (χ0) is 21.0. The van der Waals surface area contributed by atoms with Gasteiger partial charge in [-0.05, 0) is 25.1 Å². The lowest BCUT2D eigenvalue weighted by Crippen LogP contribution is -2.29. The molecule has 9 nitrogen and oxygen atoms in total. The number of esters is 1. The van der Waals surface area contributed by atoms with Gasteiger partial charge in [0.15, 0.2) is 4.34 Å². The molecule has 3 amide bonds. The van der Waals surface area contributed by atoms with Crippen LogP contribution in [0.15, 0.2) is 35.2 Å². The van der Waals surface area contributed by atoms with E-state index in [1.54, 1.807) is 6.92 Å². The Kier molecular flexibility index (Phi) is 6.39. The number of fused-ring (bicyclic) bond motifs is 1. The second kappa shape index (κ2) is 8.97. The third-order valence-corrected chi connectivity index (χ3v) is 5.74. The molecular formula is C18H16N4O5S2. The Hall–Kier alpha value is -3.05. The van der Waals surface area contributed by atoms with Crippen LogP contribution in [0, 0.1) is 0 Å². The molecule has 3 rings (SSSR count). The topological polar surface area (TPSA) is 119 Å². The van der Waals surface area contributed by atoms with Crippen molar-refractivity contribution in [1.82, 2.24) is 15.1 Å². The van der Waals surface area contributed by atoms with Gasteiger partial charge in [-0.15, -0.1) is 16.8 Å². The number of nitrogens with zero attached hydrogens (tertiary/aromatic N) is 3. The number of carbonyl (C=O) groups excluding carboxylic acids is 4. The fourth-order valence-electron chi connectivity index (χ4n) is 2.54. The van der Waals surface area contributed by atoms with Crippen molar-refractivity contribution in [2.45, 2.75) is 11.3 Å². The normalized spacial score (nSPS) is 12.7. The minimum atomic E-state index is -0.492. The first-order chi connectivity index (χ1) is 13.9. The summed E-state index contributed by atoms with van der Waals surface area (Å²) in [6, 6.07) is 4.30. The van der Waals surface area contributed by atoms with Crippen LogP contribution in [0.25, 0.3) is 0 Å². The number of benzene rings is 1. The van der Waals surface area contributed by atoms with Gasteiger partial charge >= 0.3 is 5.97 Å². The zero-order valence-electron chi connectivity index (χ0n) is 15.3. The number of nitrogens with one attached hydrogen (secondary N) is 1. The summed E-state index contributed by atoms with van der Waals surface area (Å²) in [7, 11) is 0. The third-order valence-electron chi connectivity index (χ3n) is 3.79. The standard InChI is InChI=1S/C18H16N4O5S2/c1-3-7-22-15(25)11-6-5-10(8-12(11)16(22)26)14(24)19-17-20-21-18(29-17)28-9-13(23)27-4-2/h3,5-6,8H,1,4,7,9H2,2H3,(H,19,20,24). The molecule has 1 aromatic carbocycles. The van der Waals surface area contributed by atoms with Gasteiger partial charge in [-0.2, -0.15) is 0 Å². The van der Waals surface area contributed by atoms with Crippen molar-refractivity contribution < 1.29 is 23.9 Å². The van der Waals surface area contributed by atoms with Crippen molar-refractivity contribution in [2.75, 3.05) is 24.2 Å².